The minimum Gasteiger partial charge on any atom is -0.478 e. The lowest BCUT2D eigenvalue weighted by atomic mass is 10.0. The number of carbonyl (C=O) groups excluding carboxylic acids is 1. The van der Waals surface area contributed by atoms with E-state index in [1.54, 1.807) is 0 Å². The van der Waals surface area contributed by atoms with E-state index in [4.69, 9.17) is 9.84 Å². The van der Waals surface area contributed by atoms with Crippen molar-refractivity contribution < 1.29 is 38.4 Å². The van der Waals surface area contributed by atoms with E-state index in [2.05, 4.69) is 22.2 Å². The molecule has 3 atom stereocenters. The van der Waals surface area contributed by atoms with Crippen molar-refractivity contribution in [2.75, 3.05) is 11.9 Å². The Labute approximate surface area is 236 Å². The number of aliphatic hydroxyl groups excluding tert-OH is 2. The maximum Gasteiger partial charge on any atom is 0.351 e. The maximum atomic E-state index is 14.4. The highest BCUT2D eigenvalue weighted by Gasteiger charge is 2.59. The number of nitrogens with zero attached hydrogens (tertiary/aromatic N) is 3. The first-order valence-electron chi connectivity index (χ1n) is 14.1. The van der Waals surface area contributed by atoms with Crippen LogP contribution in [0.2, 0.25) is 0 Å². The molecule has 2 aromatic rings. The number of aromatic nitrogens is 3. The average Bonchev–Trinajstić information content (AvgIpc) is 3.17. The number of pyridine rings is 1. The summed E-state index contributed by atoms with van der Waals surface area (Å²) in [5.74, 6) is -6.38. The number of anilines is 1. The summed E-state index contributed by atoms with van der Waals surface area (Å²) in [5.41, 5.74) is -1.36. The Morgan fingerprint density at radius 1 is 1.07 bits per heavy atom. The molecule has 0 aliphatic carbocycles. The van der Waals surface area contributed by atoms with Crippen molar-refractivity contribution in [2.24, 2.45) is 0 Å². The number of aromatic carboxylic acids is 1. The first-order chi connectivity index (χ1) is 19.6. The van der Waals surface area contributed by atoms with Crippen LogP contribution in [0.15, 0.2) is 29.3 Å². The Hall–Kier alpha value is -3.29. The molecule has 1 aliphatic heterocycles. The van der Waals surface area contributed by atoms with Gasteiger partial charge in [-0.1, -0.05) is 64.7 Å². The summed E-state index contributed by atoms with van der Waals surface area (Å²) in [4.78, 5) is 45.4. The van der Waals surface area contributed by atoms with E-state index in [0.717, 1.165) is 31.5 Å². The van der Waals surface area contributed by atoms with E-state index >= 15 is 0 Å². The van der Waals surface area contributed by atoms with Gasteiger partial charge in [0, 0.05) is 12.4 Å². The lowest BCUT2D eigenvalue weighted by Gasteiger charge is -2.21. The van der Waals surface area contributed by atoms with E-state index in [0.29, 0.717) is 23.1 Å². The Kier molecular flexibility index (Phi) is 11.9. The summed E-state index contributed by atoms with van der Waals surface area (Å²) >= 11 is 0. The second-order valence-electron chi connectivity index (χ2n) is 10.2. The van der Waals surface area contributed by atoms with E-state index in [-0.39, 0.29) is 16.9 Å². The summed E-state index contributed by atoms with van der Waals surface area (Å²) in [6.45, 7) is 1.30. The van der Waals surface area contributed by atoms with Gasteiger partial charge in [-0.3, -0.25) is 14.3 Å². The van der Waals surface area contributed by atoms with Gasteiger partial charge >= 0.3 is 17.6 Å². The quantitative estimate of drug-likeness (QED) is 0.215. The largest absolute Gasteiger partial charge is 0.478 e. The van der Waals surface area contributed by atoms with Gasteiger partial charge in [0.15, 0.2) is 6.10 Å². The zero-order valence-corrected chi connectivity index (χ0v) is 23.1. The molecule has 226 valence electrons. The molecule has 3 rings (SSSR count). The molecule has 1 fully saturated rings. The van der Waals surface area contributed by atoms with Crippen molar-refractivity contribution in [1.29, 1.82) is 0 Å². The third-order valence-corrected chi connectivity index (χ3v) is 7.14. The molecule has 0 saturated carbocycles. The molecule has 0 radical (unpaired) electrons. The lowest BCUT2D eigenvalue weighted by Crippen LogP contribution is -2.41. The number of rotatable bonds is 16. The summed E-state index contributed by atoms with van der Waals surface area (Å²) in [7, 11) is 0. The summed E-state index contributed by atoms with van der Waals surface area (Å²) in [5, 5.41) is 30.9. The Morgan fingerprint density at radius 2 is 1.71 bits per heavy atom. The zero-order valence-electron chi connectivity index (χ0n) is 23.1. The van der Waals surface area contributed by atoms with Crippen LogP contribution in [0.5, 0.6) is 0 Å². The highest BCUT2D eigenvalue weighted by molar-refractivity contribution is 6.11. The molecule has 0 aromatic carbocycles. The third-order valence-electron chi connectivity index (χ3n) is 7.14. The van der Waals surface area contributed by atoms with Gasteiger partial charge in [0.25, 0.3) is 5.91 Å². The van der Waals surface area contributed by atoms with Gasteiger partial charge in [0.2, 0.25) is 6.23 Å². The van der Waals surface area contributed by atoms with Crippen molar-refractivity contribution in [1.82, 2.24) is 14.5 Å². The number of aliphatic hydroxyl groups is 2. The van der Waals surface area contributed by atoms with Crippen LogP contribution < -0.4 is 11.0 Å². The van der Waals surface area contributed by atoms with Crippen LogP contribution in [0.4, 0.5) is 14.6 Å². The second kappa shape index (κ2) is 15.1. The zero-order chi connectivity index (χ0) is 30.0. The third kappa shape index (κ3) is 8.14. The number of hydrogen-bond acceptors (Lipinski definition) is 8. The van der Waals surface area contributed by atoms with E-state index in [9.17, 15) is 33.4 Å². The molecule has 1 saturated heterocycles. The maximum absolute atomic E-state index is 14.4. The number of nitrogens with one attached hydrogen (secondary N) is 1. The van der Waals surface area contributed by atoms with E-state index < -0.39 is 48.5 Å². The van der Waals surface area contributed by atoms with Gasteiger partial charge in [-0.2, -0.15) is 13.8 Å². The number of unbranched alkanes of at least 4 members (excludes halogenated alkanes) is 9. The number of carboxylic acids is 1. The molecule has 3 heterocycles. The van der Waals surface area contributed by atoms with E-state index in [1.807, 2.05) is 0 Å². The fourth-order valence-electron chi connectivity index (χ4n) is 4.86. The number of halogens is 2. The number of carboxylic acid groups (broad SMARTS) is 1. The van der Waals surface area contributed by atoms with Gasteiger partial charge in [0.05, 0.1) is 23.4 Å². The summed E-state index contributed by atoms with van der Waals surface area (Å²) < 4.78 is 34.3. The number of amides is 1. The fraction of sp³-hybridized carbons (Fsp3) is 0.607. The predicted octanol–water partition coefficient (Wildman–Crippen LogP) is 3.94. The highest BCUT2D eigenvalue weighted by atomic mass is 19.3. The molecule has 1 aliphatic rings. The minimum atomic E-state index is -3.89. The molecular formula is C28H38F2N4O7. The molecule has 2 aromatic heterocycles. The van der Waals surface area contributed by atoms with Gasteiger partial charge in [-0.15, -0.1) is 0 Å². The van der Waals surface area contributed by atoms with Crippen molar-refractivity contribution in [3.8, 4) is 0 Å². The Bertz CT molecular complexity index is 1240. The molecule has 4 N–H and O–H groups in total. The summed E-state index contributed by atoms with van der Waals surface area (Å²) in [6.07, 6.45) is 7.55. The molecule has 0 unspecified atom stereocenters. The SMILES string of the molecule is CCCCCCCCCCCCc1nccc(C(=O)O)c1C(=O)Nc1ccn([C@@H]2O[C@H](CO)[C@@H](O)C2(F)F)c(=O)n1. The molecule has 13 heteroatoms. The first kappa shape index (κ1) is 32.2. The fourth-order valence-corrected chi connectivity index (χ4v) is 4.86. The van der Waals surface area contributed by atoms with Crippen molar-refractivity contribution >= 4 is 17.7 Å². The number of aryl methyl sites for hydroxylation is 1. The molecule has 41 heavy (non-hydrogen) atoms. The number of alkyl halides is 2. The van der Waals surface area contributed by atoms with Crippen molar-refractivity contribution in [3.63, 3.8) is 0 Å². The van der Waals surface area contributed by atoms with Crippen LogP contribution in [0.1, 0.15) is 104 Å². The molecule has 0 bridgehead atoms. The van der Waals surface area contributed by atoms with Gasteiger partial charge in [0.1, 0.15) is 11.9 Å². The average molecular weight is 581 g/mol. The standard InChI is InChI=1S/C28H38F2N4O7/c1-2-3-4-5-6-7-8-9-10-11-12-19-22(18(25(38)39)13-15-31-19)24(37)32-21-14-16-34(27(40)33-21)26-28(29,30)23(36)20(17-35)41-26/h13-16,20,23,26,35-36H,2-12,17H2,1H3,(H,38,39)(H,32,33,37,40)/t20-,23-,26-/m1/s1. The predicted molar refractivity (Wildman–Crippen MR) is 145 cm³/mol. The van der Waals surface area contributed by atoms with Crippen LogP contribution >= 0.6 is 0 Å². The Balaban J connectivity index is 1.66. The van der Waals surface area contributed by atoms with Gasteiger partial charge in [-0.05, 0) is 25.0 Å². The van der Waals surface area contributed by atoms with Crippen LogP contribution in [0, 0.1) is 0 Å². The van der Waals surface area contributed by atoms with Crippen molar-refractivity contribution in [3.05, 3.63) is 51.8 Å². The van der Waals surface area contributed by atoms with Crippen LogP contribution in [-0.4, -0.2) is 66.5 Å². The minimum absolute atomic E-state index is 0.165. The number of hydrogen-bond donors (Lipinski definition) is 4. The molecule has 0 spiro atoms. The highest BCUT2D eigenvalue weighted by Crippen LogP contribution is 2.42. The van der Waals surface area contributed by atoms with Crippen LogP contribution in [0.25, 0.3) is 0 Å². The second-order valence-corrected chi connectivity index (χ2v) is 10.2. The van der Waals surface area contributed by atoms with E-state index in [1.165, 1.54) is 50.8 Å². The van der Waals surface area contributed by atoms with Crippen molar-refractivity contribution in [2.45, 2.75) is 102 Å². The molecular weight excluding hydrogens is 542 g/mol. The van der Waals surface area contributed by atoms with Crippen LogP contribution in [0.3, 0.4) is 0 Å². The summed E-state index contributed by atoms with van der Waals surface area (Å²) in [6, 6.07) is 2.27. The van der Waals surface area contributed by atoms with Crippen LogP contribution in [-0.2, 0) is 11.2 Å². The molecule has 11 nitrogen and oxygen atoms in total. The number of ether oxygens (including phenoxy) is 1. The van der Waals surface area contributed by atoms with Gasteiger partial charge in [-0.25, -0.2) is 9.59 Å². The topological polar surface area (TPSA) is 164 Å². The monoisotopic (exact) mass is 580 g/mol. The van der Waals surface area contributed by atoms with Gasteiger partial charge < -0.3 is 25.4 Å². The lowest BCUT2D eigenvalue weighted by molar-refractivity contribution is -0.140. The number of carbonyl (C=O) groups is 2. The molecule has 1 amide bonds. The smallest absolute Gasteiger partial charge is 0.351 e. The first-order valence-corrected chi connectivity index (χ1v) is 14.1. The Morgan fingerprint density at radius 3 is 2.27 bits per heavy atom. The normalized spacial score (nSPS) is 19.8.